The Morgan fingerprint density at radius 1 is 0.926 bits per heavy atom. The summed E-state index contributed by atoms with van der Waals surface area (Å²) in [5.41, 5.74) is -1.62. The molecule has 10 nitrogen and oxygen atoms in total. The Morgan fingerprint density at radius 3 is 1.89 bits per heavy atom. The van der Waals surface area contributed by atoms with E-state index in [0.717, 1.165) is 20.8 Å². The van der Waals surface area contributed by atoms with Gasteiger partial charge in [-0.25, -0.2) is 0 Å². The molecule has 1 saturated heterocycles. The standard InChI is InChI=1S/C17H24O10/c1-7-17(8-23-9(2)18)15(25-11(4)20)13(22-6)14(24-10(3)19)16(27-17)26-12(5)21/h7,13-16H,1,8H2,2-6H3/t13-,14?,15-,16?,17?/m1/s1. The number of carbonyl (C=O) groups excluding carboxylic acids is 4. The van der Waals surface area contributed by atoms with Gasteiger partial charge < -0.3 is 28.4 Å². The molecule has 0 aliphatic carbocycles. The van der Waals surface area contributed by atoms with Crippen LogP contribution in [0.5, 0.6) is 0 Å². The molecule has 0 spiro atoms. The van der Waals surface area contributed by atoms with Gasteiger partial charge in [-0.2, -0.15) is 0 Å². The van der Waals surface area contributed by atoms with Crippen molar-refractivity contribution in [3.63, 3.8) is 0 Å². The molecule has 0 N–H and O–H groups in total. The first-order chi connectivity index (χ1) is 12.6. The van der Waals surface area contributed by atoms with Crippen molar-refractivity contribution in [3.8, 4) is 0 Å². The van der Waals surface area contributed by atoms with Gasteiger partial charge in [-0.05, 0) is 0 Å². The average molecular weight is 388 g/mol. The molecule has 1 fully saturated rings. The molecule has 0 amide bonds. The highest BCUT2D eigenvalue weighted by molar-refractivity contribution is 5.68. The highest BCUT2D eigenvalue weighted by Gasteiger charge is 2.59. The zero-order valence-electron chi connectivity index (χ0n) is 15.9. The van der Waals surface area contributed by atoms with E-state index in [1.807, 2.05) is 0 Å². The Morgan fingerprint density at radius 2 is 1.48 bits per heavy atom. The zero-order valence-corrected chi connectivity index (χ0v) is 15.9. The normalized spacial score (nSPS) is 30.0. The lowest BCUT2D eigenvalue weighted by molar-refractivity contribution is -0.322. The Bertz CT molecular complexity index is 601. The maximum Gasteiger partial charge on any atom is 0.305 e. The van der Waals surface area contributed by atoms with Gasteiger partial charge in [0.15, 0.2) is 17.8 Å². The van der Waals surface area contributed by atoms with E-state index in [4.69, 9.17) is 28.4 Å². The molecule has 152 valence electrons. The number of ether oxygens (including phenoxy) is 6. The SMILES string of the molecule is C=CC1(COC(C)=O)OC(OC(C)=O)C(OC(C)=O)[C@@H](OC)[C@H]1OC(C)=O. The van der Waals surface area contributed by atoms with Crippen LogP contribution in [0, 0.1) is 0 Å². The van der Waals surface area contributed by atoms with Gasteiger partial charge in [0.05, 0.1) is 0 Å². The molecule has 1 aliphatic rings. The largest absolute Gasteiger partial charge is 0.462 e. The lowest BCUT2D eigenvalue weighted by Crippen LogP contribution is -2.68. The van der Waals surface area contributed by atoms with Gasteiger partial charge >= 0.3 is 23.9 Å². The third-order valence-electron chi connectivity index (χ3n) is 3.70. The molecule has 5 atom stereocenters. The molecule has 3 unspecified atom stereocenters. The smallest absolute Gasteiger partial charge is 0.305 e. The molecule has 0 radical (unpaired) electrons. The molecular weight excluding hydrogens is 364 g/mol. The van der Waals surface area contributed by atoms with Gasteiger partial charge in [-0.3, -0.25) is 19.2 Å². The average Bonchev–Trinajstić information content (AvgIpc) is 2.54. The van der Waals surface area contributed by atoms with E-state index in [9.17, 15) is 19.2 Å². The van der Waals surface area contributed by atoms with Crippen molar-refractivity contribution in [2.24, 2.45) is 0 Å². The quantitative estimate of drug-likeness (QED) is 0.341. The second kappa shape index (κ2) is 9.47. The van der Waals surface area contributed by atoms with E-state index in [2.05, 4.69) is 6.58 Å². The topological polar surface area (TPSA) is 124 Å². The van der Waals surface area contributed by atoms with E-state index in [1.54, 1.807) is 0 Å². The number of hydrogen-bond acceptors (Lipinski definition) is 10. The van der Waals surface area contributed by atoms with Gasteiger partial charge in [0, 0.05) is 34.8 Å². The fraction of sp³-hybridized carbons (Fsp3) is 0.647. The highest BCUT2D eigenvalue weighted by atomic mass is 16.7. The van der Waals surface area contributed by atoms with Crippen LogP contribution in [0.15, 0.2) is 12.7 Å². The summed E-state index contributed by atoms with van der Waals surface area (Å²) < 4.78 is 31.8. The van der Waals surface area contributed by atoms with Crippen molar-refractivity contribution >= 4 is 23.9 Å². The minimum atomic E-state index is -1.62. The zero-order chi connectivity index (χ0) is 20.8. The molecule has 1 rings (SSSR count). The van der Waals surface area contributed by atoms with Crippen molar-refractivity contribution in [2.45, 2.75) is 57.9 Å². The number of hydrogen-bond donors (Lipinski definition) is 0. The van der Waals surface area contributed by atoms with Crippen LogP contribution in [-0.2, 0) is 47.6 Å². The first-order valence-corrected chi connectivity index (χ1v) is 8.05. The van der Waals surface area contributed by atoms with Crippen molar-refractivity contribution in [1.82, 2.24) is 0 Å². The fourth-order valence-electron chi connectivity index (χ4n) is 2.68. The minimum Gasteiger partial charge on any atom is -0.462 e. The number of rotatable bonds is 7. The predicted octanol–water partition coefficient (Wildman–Crippen LogP) is 0.272. The second-order valence-corrected chi connectivity index (χ2v) is 5.84. The maximum absolute atomic E-state index is 11.6. The molecule has 0 aromatic carbocycles. The van der Waals surface area contributed by atoms with Crippen LogP contribution in [0.25, 0.3) is 0 Å². The minimum absolute atomic E-state index is 0.409. The number of methoxy groups -OCH3 is 1. The van der Waals surface area contributed by atoms with Crippen LogP contribution in [0.1, 0.15) is 27.7 Å². The van der Waals surface area contributed by atoms with E-state index >= 15 is 0 Å². The van der Waals surface area contributed by atoms with Crippen molar-refractivity contribution in [3.05, 3.63) is 12.7 Å². The van der Waals surface area contributed by atoms with Gasteiger partial charge in [-0.1, -0.05) is 12.7 Å². The maximum atomic E-state index is 11.6. The van der Waals surface area contributed by atoms with E-state index < -0.39 is 60.7 Å². The summed E-state index contributed by atoms with van der Waals surface area (Å²) in [6.07, 6.45) is -3.74. The Hall–Kier alpha value is -2.46. The van der Waals surface area contributed by atoms with Crippen LogP contribution < -0.4 is 0 Å². The Labute approximate surface area is 156 Å². The Kier molecular flexibility index (Phi) is 7.92. The second-order valence-electron chi connectivity index (χ2n) is 5.84. The third kappa shape index (κ3) is 5.76. The molecule has 0 aromatic rings. The summed E-state index contributed by atoms with van der Waals surface area (Å²) in [6.45, 7) is 7.86. The van der Waals surface area contributed by atoms with E-state index in [-0.39, 0.29) is 0 Å². The molecular formula is C17H24O10. The van der Waals surface area contributed by atoms with Crippen LogP contribution in [-0.4, -0.2) is 67.8 Å². The number of carbonyl (C=O) groups is 4. The fourth-order valence-corrected chi connectivity index (χ4v) is 2.68. The summed E-state index contributed by atoms with van der Waals surface area (Å²) in [7, 11) is 1.29. The molecule has 1 aliphatic heterocycles. The first-order valence-electron chi connectivity index (χ1n) is 8.05. The molecule has 0 saturated carbocycles. The molecule has 0 aromatic heterocycles. The van der Waals surface area contributed by atoms with Gasteiger partial charge in [-0.15, -0.1) is 0 Å². The Balaban J connectivity index is 3.42. The van der Waals surface area contributed by atoms with Crippen LogP contribution >= 0.6 is 0 Å². The summed E-state index contributed by atoms with van der Waals surface area (Å²) in [6, 6.07) is 0. The monoisotopic (exact) mass is 388 g/mol. The lowest BCUT2D eigenvalue weighted by Gasteiger charge is -2.49. The first kappa shape index (κ1) is 22.6. The van der Waals surface area contributed by atoms with Crippen LogP contribution in [0.3, 0.4) is 0 Å². The van der Waals surface area contributed by atoms with Gasteiger partial charge in [0.1, 0.15) is 12.7 Å². The van der Waals surface area contributed by atoms with Crippen LogP contribution in [0.2, 0.25) is 0 Å². The summed E-state index contributed by atoms with van der Waals surface area (Å²) in [4.78, 5) is 45.9. The summed E-state index contributed by atoms with van der Waals surface area (Å²) >= 11 is 0. The molecule has 1 heterocycles. The predicted molar refractivity (Wildman–Crippen MR) is 88.1 cm³/mol. The molecule has 0 bridgehead atoms. The molecule has 27 heavy (non-hydrogen) atoms. The van der Waals surface area contributed by atoms with E-state index in [0.29, 0.717) is 0 Å². The summed E-state index contributed by atoms with van der Waals surface area (Å²) in [5, 5.41) is 0. The third-order valence-corrected chi connectivity index (χ3v) is 3.70. The van der Waals surface area contributed by atoms with Crippen LogP contribution in [0.4, 0.5) is 0 Å². The van der Waals surface area contributed by atoms with Crippen molar-refractivity contribution in [2.75, 3.05) is 13.7 Å². The van der Waals surface area contributed by atoms with Gasteiger partial charge in [0.25, 0.3) is 0 Å². The van der Waals surface area contributed by atoms with Crippen molar-refractivity contribution in [1.29, 1.82) is 0 Å². The van der Waals surface area contributed by atoms with Gasteiger partial charge in [0.2, 0.25) is 6.29 Å². The highest BCUT2D eigenvalue weighted by Crippen LogP contribution is 2.37. The molecule has 10 heteroatoms. The lowest BCUT2D eigenvalue weighted by atomic mass is 9.86. The van der Waals surface area contributed by atoms with Crippen molar-refractivity contribution < 1.29 is 47.6 Å². The van der Waals surface area contributed by atoms with E-state index in [1.165, 1.54) is 20.1 Å². The number of esters is 4. The summed E-state index contributed by atoms with van der Waals surface area (Å²) in [5.74, 6) is -2.73.